The van der Waals surface area contributed by atoms with Crippen LogP contribution in [0.5, 0.6) is 0 Å². The molecule has 238 valence electrons. The third-order valence-electron chi connectivity index (χ3n) is 10.0. The van der Waals surface area contributed by atoms with Crippen molar-refractivity contribution >= 4 is 43.5 Å². The molecule has 0 unspecified atom stereocenters. The minimum Gasteiger partial charge on any atom is -0.456 e. The van der Waals surface area contributed by atoms with E-state index in [1.807, 2.05) is 66.7 Å². The molecule has 0 N–H and O–H groups in total. The fourth-order valence-electron chi connectivity index (χ4n) is 7.72. The molecule has 1 aromatic heterocycles. The molecule has 10 rings (SSSR count). The largest absolute Gasteiger partial charge is 0.456 e. The van der Waals surface area contributed by atoms with Gasteiger partial charge in [0.15, 0.2) is 0 Å². The molecule has 9 aromatic carbocycles. The van der Waals surface area contributed by atoms with Gasteiger partial charge in [-0.15, -0.1) is 0 Å². The van der Waals surface area contributed by atoms with Crippen molar-refractivity contribution in [2.45, 2.75) is 0 Å². The maximum absolute atomic E-state index is 9.38. The summed E-state index contributed by atoms with van der Waals surface area (Å²) in [6.07, 6.45) is 0. The molecule has 0 bridgehead atoms. The van der Waals surface area contributed by atoms with Crippen LogP contribution in [0.15, 0.2) is 198 Å². The summed E-state index contributed by atoms with van der Waals surface area (Å²) in [7, 11) is 0. The quantitative estimate of drug-likeness (QED) is 0.169. The number of hydrogen-bond donors (Lipinski definition) is 0. The van der Waals surface area contributed by atoms with E-state index in [0.717, 1.165) is 71.6 Å². The van der Waals surface area contributed by atoms with Crippen molar-refractivity contribution in [3.05, 3.63) is 194 Å². The van der Waals surface area contributed by atoms with E-state index >= 15 is 0 Å². The molecule has 1 heteroatoms. The van der Waals surface area contributed by atoms with Crippen LogP contribution < -0.4 is 0 Å². The van der Waals surface area contributed by atoms with Crippen LogP contribution in [-0.4, -0.2) is 0 Å². The van der Waals surface area contributed by atoms with Gasteiger partial charge in [-0.25, -0.2) is 0 Å². The average Bonchev–Trinajstić information content (AvgIpc) is 3.63. The van der Waals surface area contributed by atoms with Crippen molar-refractivity contribution in [2.75, 3.05) is 0 Å². The highest BCUT2D eigenvalue weighted by Crippen LogP contribution is 2.47. The van der Waals surface area contributed by atoms with Crippen LogP contribution in [-0.2, 0) is 0 Å². The zero-order chi connectivity index (χ0) is 37.2. The molecule has 10 aromatic rings. The molecule has 0 aliphatic rings. The molecule has 0 radical (unpaired) electrons. The smallest absolute Gasteiger partial charge is 0.136 e. The summed E-state index contributed by atoms with van der Waals surface area (Å²) in [6, 6.07) is 57.3. The predicted octanol–water partition coefficient (Wildman–Crippen LogP) is 14.2. The molecule has 1 heterocycles. The molecule has 0 aliphatic heterocycles. The Labute approximate surface area is 302 Å². The number of rotatable bonds is 5. The Kier molecular flexibility index (Phi) is 5.96. The van der Waals surface area contributed by atoms with Gasteiger partial charge in [0.1, 0.15) is 11.2 Å². The number of fused-ring (bicyclic) bond motifs is 5. The first-order valence-electron chi connectivity index (χ1n) is 19.2. The molecule has 0 atom stereocenters. The van der Waals surface area contributed by atoms with Crippen LogP contribution >= 0.6 is 0 Å². The Morgan fingerprint density at radius 2 is 0.863 bits per heavy atom. The van der Waals surface area contributed by atoms with Crippen LogP contribution in [0.3, 0.4) is 0 Å². The lowest BCUT2D eigenvalue weighted by atomic mass is 9.85. The van der Waals surface area contributed by atoms with Crippen molar-refractivity contribution in [2.24, 2.45) is 0 Å². The Morgan fingerprint density at radius 3 is 1.59 bits per heavy atom. The monoisotopic (exact) mass is 652 g/mol. The second kappa shape index (κ2) is 12.0. The normalized spacial score (nSPS) is 12.6. The Hall–Kier alpha value is -6.70. The number of hydrogen-bond acceptors (Lipinski definition) is 1. The van der Waals surface area contributed by atoms with Gasteiger partial charge >= 0.3 is 0 Å². The summed E-state index contributed by atoms with van der Waals surface area (Å²) in [6.45, 7) is 0. The minimum atomic E-state index is -0.257. The number of benzene rings is 9. The first-order chi connectivity index (χ1) is 27.0. The van der Waals surface area contributed by atoms with Crippen LogP contribution in [0, 0.1) is 0 Å². The van der Waals surface area contributed by atoms with E-state index in [1.54, 1.807) is 0 Å². The predicted molar refractivity (Wildman–Crippen MR) is 216 cm³/mol. The summed E-state index contributed by atoms with van der Waals surface area (Å²) in [5.74, 6) is 0. The van der Waals surface area contributed by atoms with Crippen molar-refractivity contribution < 1.29 is 9.90 Å². The number of furan rings is 1. The van der Waals surface area contributed by atoms with Crippen molar-refractivity contribution in [3.8, 4) is 55.6 Å². The topological polar surface area (TPSA) is 13.1 Å². The third-order valence-corrected chi connectivity index (χ3v) is 10.0. The first kappa shape index (κ1) is 25.3. The molecule has 0 aliphatic carbocycles. The van der Waals surface area contributed by atoms with E-state index in [4.69, 9.17) is 7.16 Å². The lowest BCUT2D eigenvalue weighted by Gasteiger charge is -2.18. The van der Waals surface area contributed by atoms with Crippen LogP contribution in [0.25, 0.3) is 99.1 Å². The highest BCUT2D eigenvalue weighted by Gasteiger charge is 2.20. The van der Waals surface area contributed by atoms with Gasteiger partial charge in [-0.2, -0.15) is 0 Å². The highest BCUT2D eigenvalue weighted by atomic mass is 16.3. The SMILES string of the molecule is [2H]c1c([2H])c([2H])c2c(-c3cccc4oc5ccc(-c6ccccc6-c6ccc(-c7ccccc7)cc6)cc5c34)c3ccccc3c(-c3ccccc3)c2c1[2H]. The molecule has 1 nitrogen and oxygen atoms in total. The van der Waals surface area contributed by atoms with Gasteiger partial charge in [-0.1, -0.05) is 176 Å². The lowest BCUT2D eigenvalue weighted by Crippen LogP contribution is -1.91. The molecule has 0 spiro atoms. The van der Waals surface area contributed by atoms with Crippen molar-refractivity contribution in [1.82, 2.24) is 0 Å². The van der Waals surface area contributed by atoms with Crippen LogP contribution in [0.4, 0.5) is 0 Å². The van der Waals surface area contributed by atoms with Gasteiger partial charge in [-0.3, -0.25) is 0 Å². The molecular formula is C50H32O. The third kappa shape index (κ3) is 4.86. The maximum Gasteiger partial charge on any atom is 0.136 e. The Bertz CT molecular complexity index is 3110. The molecule has 0 saturated heterocycles. The van der Waals surface area contributed by atoms with Gasteiger partial charge < -0.3 is 4.42 Å². The zero-order valence-electron chi connectivity index (χ0n) is 31.6. The fraction of sp³-hybridized carbons (Fsp3) is 0. The summed E-state index contributed by atoms with van der Waals surface area (Å²) < 4.78 is 42.8. The maximum atomic E-state index is 9.38. The fourth-order valence-corrected chi connectivity index (χ4v) is 7.72. The Morgan fingerprint density at radius 1 is 0.333 bits per heavy atom. The van der Waals surface area contributed by atoms with Gasteiger partial charge in [0.2, 0.25) is 0 Å². The second-order valence-corrected chi connectivity index (χ2v) is 12.9. The van der Waals surface area contributed by atoms with Gasteiger partial charge in [-0.05, 0) is 95.4 Å². The van der Waals surface area contributed by atoms with Crippen LogP contribution in [0.2, 0.25) is 0 Å². The molecule has 0 saturated carbocycles. The standard InChI is InChI=1S/C50H32O/c1-3-14-33(15-4-1)34-26-28-35(29-27-34)38-18-7-8-19-39(38)37-30-31-46-45(32-37)50-44(24-13-25-47(50)51-46)49-42-22-11-9-20-40(42)48(36-16-5-2-6-17-36)41-21-10-12-23-43(41)49/h1-32H/i9D,11D,20D,22D. The summed E-state index contributed by atoms with van der Waals surface area (Å²) in [5.41, 5.74) is 11.5. The van der Waals surface area contributed by atoms with Crippen molar-refractivity contribution in [3.63, 3.8) is 0 Å². The first-order valence-corrected chi connectivity index (χ1v) is 17.2. The summed E-state index contributed by atoms with van der Waals surface area (Å²) in [4.78, 5) is 0. The average molecular weight is 653 g/mol. The van der Waals surface area contributed by atoms with Crippen molar-refractivity contribution in [1.29, 1.82) is 0 Å². The lowest BCUT2D eigenvalue weighted by molar-refractivity contribution is 0.669. The van der Waals surface area contributed by atoms with Gasteiger partial charge in [0.05, 0.1) is 5.48 Å². The van der Waals surface area contributed by atoms with E-state index in [9.17, 15) is 2.74 Å². The van der Waals surface area contributed by atoms with E-state index in [1.165, 1.54) is 11.1 Å². The van der Waals surface area contributed by atoms with E-state index in [2.05, 4.69) is 103 Å². The van der Waals surface area contributed by atoms with Gasteiger partial charge in [0.25, 0.3) is 0 Å². The van der Waals surface area contributed by atoms with E-state index in [0.29, 0.717) is 16.4 Å². The molecular weight excluding hydrogens is 617 g/mol. The minimum absolute atomic E-state index is 0.0539. The Balaban J connectivity index is 1.23. The van der Waals surface area contributed by atoms with E-state index < -0.39 is 0 Å². The molecule has 0 fully saturated rings. The van der Waals surface area contributed by atoms with Gasteiger partial charge in [0, 0.05) is 10.8 Å². The van der Waals surface area contributed by atoms with E-state index in [-0.39, 0.29) is 24.2 Å². The van der Waals surface area contributed by atoms with Crippen LogP contribution in [0.1, 0.15) is 5.48 Å². The second-order valence-electron chi connectivity index (χ2n) is 12.9. The molecule has 0 amide bonds. The molecule has 51 heavy (non-hydrogen) atoms. The highest BCUT2D eigenvalue weighted by molar-refractivity contribution is 6.25. The summed E-state index contributed by atoms with van der Waals surface area (Å²) in [5, 5.41) is 4.65. The zero-order valence-corrected chi connectivity index (χ0v) is 27.6. The summed E-state index contributed by atoms with van der Waals surface area (Å²) >= 11 is 0.